The van der Waals surface area contributed by atoms with E-state index in [4.69, 9.17) is 5.41 Å². The van der Waals surface area contributed by atoms with Gasteiger partial charge in [0.15, 0.2) is 5.96 Å². The van der Waals surface area contributed by atoms with Crippen LogP contribution in [0.5, 0.6) is 0 Å². The highest BCUT2D eigenvalue weighted by molar-refractivity contribution is 6.07. The molecule has 1 saturated heterocycles. The van der Waals surface area contributed by atoms with Crippen LogP contribution >= 0.6 is 0 Å². The summed E-state index contributed by atoms with van der Waals surface area (Å²) in [6.45, 7) is 4.66. The monoisotopic (exact) mass is 374 g/mol. The number of amides is 1. The SMILES string of the molecule is C=CCN[C@@H]1CCC[C@H](C[C@@]2(CCC3CCCCC3)NC(=N)N(C)C2=O)C1. The normalized spacial score (nSPS) is 32.6. The first-order valence-electron chi connectivity index (χ1n) is 11.0. The molecule has 1 aliphatic heterocycles. The van der Waals surface area contributed by atoms with Gasteiger partial charge in [-0.3, -0.25) is 15.1 Å². The fourth-order valence-electron chi connectivity index (χ4n) is 5.53. The van der Waals surface area contributed by atoms with Crippen LogP contribution in [0.2, 0.25) is 0 Å². The highest BCUT2D eigenvalue weighted by atomic mass is 16.2. The average molecular weight is 375 g/mol. The molecule has 5 nitrogen and oxygen atoms in total. The van der Waals surface area contributed by atoms with Crippen molar-refractivity contribution >= 4 is 11.9 Å². The fourth-order valence-corrected chi connectivity index (χ4v) is 5.53. The molecule has 3 N–H and O–H groups in total. The Hall–Kier alpha value is -1.36. The summed E-state index contributed by atoms with van der Waals surface area (Å²) >= 11 is 0. The Balaban J connectivity index is 1.65. The molecule has 152 valence electrons. The van der Waals surface area contributed by atoms with Gasteiger partial charge in [0.25, 0.3) is 5.91 Å². The third-order valence-electron chi connectivity index (χ3n) is 7.08. The van der Waals surface area contributed by atoms with Crippen LogP contribution in [0.4, 0.5) is 0 Å². The molecule has 0 unspecified atom stereocenters. The number of nitrogens with zero attached hydrogens (tertiary/aromatic N) is 1. The van der Waals surface area contributed by atoms with E-state index in [1.807, 2.05) is 6.08 Å². The Labute approximate surface area is 164 Å². The quantitative estimate of drug-likeness (QED) is 0.566. The smallest absolute Gasteiger partial charge is 0.254 e. The van der Waals surface area contributed by atoms with E-state index >= 15 is 0 Å². The van der Waals surface area contributed by atoms with Crippen LogP contribution < -0.4 is 10.6 Å². The van der Waals surface area contributed by atoms with Crippen LogP contribution in [-0.4, -0.2) is 41.9 Å². The van der Waals surface area contributed by atoms with Crippen LogP contribution in [0.3, 0.4) is 0 Å². The molecule has 3 atom stereocenters. The van der Waals surface area contributed by atoms with Crippen molar-refractivity contribution in [3.8, 4) is 0 Å². The van der Waals surface area contributed by atoms with Crippen LogP contribution in [0, 0.1) is 17.2 Å². The van der Waals surface area contributed by atoms with Gasteiger partial charge >= 0.3 is 0 Å². The summed E-state index contributed by atoms with van der Waals surface area (Å²) < 4.78 is 0. The lowest BCUT2D eigenvalue weighted by atomic mass is 9.74. The standard InChI is InChI=1S/C22H38N4O/c1-3-14-24-19-11-7-10-18(15-19)16-22(20(27)26(2)21(23)25-22)13-12-17-8-5-4-6-9-17/h3,17-19,24H,1,4-16H2,2H3,(H2,23,25)/t18-,19+,22+/m0/s1. The van der Waals surface area contributed by atoms with Crippen LogP contribution in [0.1, 0.15) is 77.0 Å². The number of rotatable bonds is 8. The predicted molar refractivity (Wildman–Crippen MR) is 111 cm³/mol. The van der Waals surface area contributed by atoms with E-state index in [0.717, 1.165) is 38.1 Å². The first-order chi connectivity index (χ1) is 13.0. The maximum Gasteiger partial charge on any atom is 0.254 e. The molecule has 0 spiro atoms. The first-order valence-corrected chi connectivity index (χ1v) is 11.0. The molecular weight excluding hydrogens is 336 g/mol. The average Bonchev–Trinajstić information content (AvgIpc) is 2.90. The lowest BCUT2D eigenvalue weighted by molar-refractivity contribution is -0.131. The lowest BCUT2D eigenvalue weighted by Gasteiger charge is -2.36. The molecule has 0 bridgehead atoms. The van der Waals surface area contributed by atoms with Gasteiger partial charge in [0.1, 0.15) is 5.54 Å². The second-order valence-corrected chi connectivity index (χ2v) is 9.09. The second-order valence-electron chi connectivity index (χ2n) is 9.09. The van der Waals surface area contributed by atoms with Gasteiger partial charge < -0.3 is 10.6 Å². The molecule has 3 aliphatic rings. The van der Waals surface area contributed by atoms with Gasteiger partial charge in [-0.1, -0.05) is 51.0 Å². The molecule has 1 amide bonds. The molecule has 2 aliphatic carbocycles. The minimum absolute atomic E-state index is 0.115. The van der Waals surface area contributed by atoms with E-state index in [0.29, 0.717) is 12.0 Å². The van der Waals surface area contributed by atoms with E-state index in [2.05, 4.69) is 17.2 Å². The number of carbonyl (C=O) groups excluding carboxylic acids is 1. The fraction of sp³-hybridized carbons (Fsp3) is 0.818. The summed E-state index contributed by atoms with van der Waals surface area (Å²) in [6, 6.07) is 0.533. The van der Waals surface area contributed by atoms with E-state index in [1.54, 1.807) is 7.05 Å². The maximum absolute atomic E-state index is 13.1. The first kappa shape index (κ1) is 20.4. The van der Waals surface area contributed by atoms with Crippen molar-refractivity contribution < 1.29 is 4.79 Å². The summed E-state index contributed by atoms with van der Waals surface area (Å²) in [7, 11) is 1.75. The molecule has 0 aromatic heterocycles. The maximum atomic E-state index is 13.1. The Morgan fingerprint density at radius 2 is 1.96 bits per heavy atom. The number of guanidine groups is 1. The Kier molecular flexibility index (Phi) is 6.96. The van der Waals surface area contributed by atoms with Crippen LogP contribution in [0.25, 0.3) is 0 Å². The number of hydrogen-bond donors (Lipinski definition) is 3. The highest BCUT2D eigenvalue weighted by Gasteiger charge is 2.49. The molecule has 2 saturated carbocycles. The van der Waals surface area contributed by atoms with Crippen LogP contribution in [-0.2, 0) is 4.79 Å². The Morgan fingerprint density at radius 1 is 1.22 bits per heavy atom. The molecule has 0 aromatic rings. The molecule has 3 fully saturated rings. The van der Waals surface area contributed by atoms with Crippen molar-refractivity contribution in [2.45, 2.75) is 88.6 Å². The van der Waals surface area contributed by atoms with Crippen molar-refractivity contribution in [3.63, 3.8) is 0 Å². The van der Waals surface area contributed by atoms with Crippen molar-refractivity contribution in [2.24, 2.45) is 11.8 Å². The van der Waals surface area contributed by atoms with Gasteiger partial charge in [0, 0.05) is 19.6 Å². The summed E-state index contributed by atoms with van der Waals surface area (Å²) in [6.07, 6.45) is 16.2. The lowest BCUT2D eigenvalue weighted by Crippen LogP contribution is -2.49. The zero-order valence-corrected chi connectivity index (χ0v) is 17.1. The molecule has 1 heterocycles. The van der Waals surface area contributed by atoms with Gasteiger partial charge in [-0.05, 0) is 43.9 Å². The van der Waals surface area contributed by atoms with Crippen LogP contribution in [0.15, 0.2) is 12.7 Å². The molecule has 27 heavy (non-hydrogen) atoms. The topological polar surface area (TPSA) is 68.2 Å². The van der Waals surface area contributed by atoms with E-state index in [1.165, 1.54) is 56.3 Å². The van der Waals surface area contributed by atoms with Crippen molar-refractivity contribution in [3.05, 3.63) is 12.7 Å². The minimum Gasteiger partial charge on any atom is -0.342 e. The van der Waals surface area contributed by atoms with Gasteiger partial charge in [0.2, 0.25) is 0 Å². The second kappa shape index (κ2) is 9.22. The van der Waals surface area contributed by atoms with Gasteiger partial charge in [-0.2, -0.15) is 0 Å². The number of likely N-dealkylation sites (N-methyl/N-ethyl adjacent to an activating group) is 1. The Bertz CT molecular complexity index is 542. The van der Waals surface area contributed by atoms with E-state index in [9.17, 15) is 4.79 Å². The summed E-state index contributed by atoms with van der Waals surface area (Å²) in [5.74, 6) is 1.70. The largest absolute Gasteiger partial charge is 0.342 e. The van der Waals surface area contributed by atoms with Gasteiger partial charge in [-0.25, -0.2) is 0 Å². The number of nitrogens with one attached hydrogen (secondary N) is 3. The third kappa shape index (κ3) is 4.92. The number of hydrogen-bond acceptors (Lipinski definition) is 3. The van der Waals surface area contributed by atoms with Crippen molar-refractivity contribution in [1.29, 1.82) is 5.41 Å². The van der Waals surface area contributed by atoms with Gasteiger partial charge in [-0.15, -0.1) is 6.58 Å². The summed E-state index contributed by atoms with van der Waals surface area (Å²) in [5, 5.41) is 15.1. The molecule has 0 radical (unpaired) electrons. The number of carbonyl (C=O) groups is 1. The van der Waals surface area contributed by atoms with E-state index in [-0.39, 0.29) is 11.9 Å². The zero-order chi connectivity index (χ0) is 19.3. The molecule has 3 rings (SSSR count). The predicted octanol–water partition coefficient (Wildman–Crippen LogP) is 3.81. The third-order valence-corrected chi connectivity index (χ3v) is 7.08. The minimum atomic E-state index is -0.547. The molecule has 5 heteroatoms. The highest BCUT2D eigenvalue weighted by Crippen LogP contribution is 2.38. The summed E-state index contributed by atoms with van der Waals surface area (Å²) in [5.41, 5.74) is -0.547. The molecule has 0 aromatic carbocycles. The molecular formula is C22H38N4O. The zero-order valence-electron chi connectivity index (χ0n) is 17.1. The van der Waals surface area contributed by atoms with Gasteiger partial charge in [0.05, 0.1) is 0 Å². The Morgan fingerprint density at radius 3 is 2.63 bits per heavy atom. The van der Waals surface area contributed by atoms with Crippen molar-refractivity contribution in [2.75, 3.05) is 13.6 Å². The van der Waals surface area contributed by atoms with E-state index < -0.39 is 5.54 Å². The van der Waals surface area contributed by atoms with Crippen molar-refractivity contribution in [1.82, 2.24) is 15.5 Å². The summed E-state index contributed by atoms with van der Waals surface area (Å²) in [4.78, 5) is 14.7.